The summed E-state index contributed by atoms with van der Waals surface area (Å²) in [7, 11) is 0. The molecule has 110 valence electrons. The molecule has 1 aromatic carbocycles. The largest absolute Gasteiger partial charge is 0.350 e. The number of piperidine rings is 1. The first-order valence-electron chi connectivity index (χ1n) is 7.09. The Balaban J connectivity index is 1.89. The lowest BCUT2D eigenvalue weighted by atomic mass is 9.72. The van der Waals surface area contributed by atoms with Gasteiger partial charge in [0.15, 0.2) is 17.9 Å². The molecule has 1 atom stereocenters. The molecule has 2 saturated heterocycles. The van der Waals surface area contributed by atoms with E-state index in [1.54, 1.807) is 6.07 Å². The molecule has 0 spiro atoms. The second-order valence-corrected chi connectivity index (χ2v) is 5.56. The SMILES string of the molecule is Fc1ccc(C2(CC3OCCO3)CCCNC2)cc1F. The zero-order valence-corrected chi connectivity index (χ0v) is 11.3. The van der Waals surface area contributed by atoms with Gasteiger partial charge in [-0.25, -0.2) is 8.78 Å². The summed E-state index contributed by atoms with van der Waals surface area (Å²) in [5.74, 6) is -1.60. The number of nitrogens with one attached hydrogen (secondary N) is 1. The van der Waals surface area contributed by atoms with Crippen molar-refractivity contribution in [3.63, 3.8) is 0 Å². The van der Waals surface area contributed by atoms with Gasteiger partial charge in [-0.2, -0.15) is 0 Å². The predicted octanol–water partition coefficient (Wildman–Crippen LogP) is 2.35. The van der Waals surface area contributed by atoms with Crippen molar-refractivity contribution in [2.24, 2.45) is 0 Å². The highest BCUT2D eigenvalue weighted by Crippen LogP contribution is 2.37. The van der Waals surface area contributed by atoms with Gasteiger partial charge in [-0.1, -0.05) is 6.07 Å². The first-order valence-corrected chi connectivity index (χ1v) is 7.09. The quantitative estimate of drug-likeness (QED) is 0.923. The molecule has 2 aliphatic rings. The van der Waals surface area contributed by atoms with Crippen LogP contribution in [0.3, 0.4) is 0 Å². The summed E-state index contributed by atoms with van der Waals surface area (Å²) in [5, 5.41) is 3.35. The van der Waals surface area contributed by atoms with Crippen LogP contribution in [0.1, 0.15) is 24.8 Å². The molecule has 1 aromatic rings. The third-order valence-corrected chi connectivity index (χ3v) is 4.25. The molecule has 0 aromatic heterocycles. The molecule has 0 amide bonds. The van der Waals surface area contributed by atoms with E-state index in [9.17, 15) is 8.78 Å². The third kappa shape index (κ3) is 2.71. The van der Waals surface area contributed by atoms with Gasteiger partial charge in [0.1, 0.15) is 0 Å². The van der Waals surface area contributed by atoms with E-state index in [1.165, 1.54) is 12.1 Å². The predicted molar refractivity (Wildman–Crippen MR) is 70.4 cm³/mol. The van der Waals surface area contributed by atoms with E-state index in [0.717, 1.165) is 31.5 Å². The van der Waals surface area contributed by atoms with Crippen LogP contribution in [0.25, 0.3) is 0 Å². The molecular formula is C15H19F2NO2. The van der Waals surface area contributed by atoms with E-state index < -0.39 is 11.6 Å². The van der Waals surface area contributed by atoms with Crippen molar-refractivity contribution in [2.75, 3.05) is 26.3 Å². The maximum Gasteiger partial charge on any atom is 0.159 e. The van der Waals surface area contributed by atoms with Crippen LogP contribution >= 0.6 is 0 Å². The second kappa shape index (κ2) is 5.76. The van der Waals surface area contributed by atoms with Gasteiger partial charge in [-0.3, -0.25) is 0 Å². The molecule has 0 saturated carbocycles. The Morgan fingerprint density at radius 1 is 1.20 bits per heavy atom. The molecule has 20 heavy (non-hydrogen) atoms. The van der Waals surface area contributed by atoms with E-state index in [4.69, 9.17) is 9.47 Å². The lowest BCUT2D eigenvalue weighted by Gasteiger charge is -2.39. The summed E-state index contributed by atoms with van der Waals surface area (Å²) in [5.41, 5.74) is 0.574. The average molecular weight is 283 g/mol. The van der Waals surface area contributed by atoms with E-state index in [1.807, 2.05) is 0 Å². The monoisotopic (exact) mass is 283 g/mol. The van der Waals surface area contributed by atoms with Crippen LogP contribution < -0.4 is 5.32 Å². The minimum Gasteiger partial charge on any atom is -0.350 e. The number of benzene rings is 1. The summed E-state index contributed by atoms with van der Waals surface area (Å²) in [6.45, 7) is 2.90. The van der Waals surface area contributed by atoms with Crippen LogP contribution in [0.5, 0.6) is 0 Å². The third-order valence-electron chi connectivity index (χ3n) is 4.25. The molecule has 2 fully saturated rings. The van der Waals surface area contributed by atoms with Gasteiger partial charge < -0.3 is 14.8 Å². The molecule has 3 rings (SSSR count). The maximum atomic E-state index is 13.6. The van der Waals surface area contributed by atoms with Crippen molar-refractivity contribution in [2.45, 2.75) is 31.0 Å². The molecule has 0 aliphatic carbocycles. The molecule has 2 heterocycles. The van der Waals surface area contributed by atoms with E-state index in [2.05, 4.69) is 5.32 Å². The Kier molecular flexibility index (Phi) is 4.01. The molecule has 0 radical (unpaired) electrons. The van der Waals surface area contributed by atoms with Crippen molar-refractivity contribution >= 4 is 0 Å². The first-order chi connectivity index (χ1) is 9.70. The van der Waals surface area contributed by atoms with E-state index in [0.29, 0.717) is 19.6 Å². The fourth-order valence-corrected chi connectivity index (χ4v) is 3.18. The molecule has 1 N–H and O–H groups in total. The molecule has 5 heteroatoms. The summed E-state index contributed by atoms with van der Waals surface area (Å²) < 4.78 is 37.8. The molecule has 0 bridgehead atoms. The standard InChI is InChI=1S/C15H19F2NO2/c16-12-3-2-11(8-13(12)17)15(4-1-5-18-10-15)9-14-19-6-7-20-14/h2-3,8,14,18H,1,4-7,9-10H2. The van der Waals surface area contributed by atoms with Crippen molar-refractivity contribution in [3.8, 4) is 0 Å². The van der Waals surface area contributed by atoms with Crippen LogP contribution in [0.15, 0.2) is 18.2 Å². The van der Waals surface area contributed by atoms with Gasteiger partial charge in [0.05, 0.1) is 13.2 Å². The van der Waals surface area contributed by atoms with Crippen LogP contribution in [-0.4, -0.2) is 32.6 Å². The Bertz CT molecular complexity index is 469. The zero-order chi connectivity index (χ0) is 14.0. The van der Waals surface area contributed by atoms with Crippen LogP contribution in [0, 0.1) is 11.6 Å². The smallest absolute Gasteiger partial charge is 0.159 e. The van der Waals surface area contributed by atoms with E-state index in [-0.39, 0.29) is 11.7 Å². The summed E-state index contributed by atoms with van der Waals surface area (Å²) >= 11 is 0. The highest BCUT2D eigenvalue weighted by Gasteiger charge is 2.38. The summed E-state index contributed by atoms with van der Waals surface area (Å²) in [4.78, 5) is 0. The fraction of sp³-hybridized carbons (Fsp3) is 0.600. The van der Waals surface area contributed by atoms with Crippen LogP contribution in [-0.2, 0) is 14.9 Å². The number of ether oxygens (including phenoxy) is 2. The van der Waals surface area contributed by atoms with Gasteiger partial charge in [0, 0.05) is 18.4 Å². The molecular weight excluding hydrogens is 264 g/mol. The average Bonchev–Trinajstić information content (AvgIpc) is 2.95. The Morgan fingerprint density at radius 3 is 2.65 bits per heavy atom. The second-order valence-electron chi connectivity index (χ2n) is 5.56. The van der Waals surface area contributed by atoms with Crippen LogP contribution in [0.4, 0.5) is 8.78 Å². The highest BCUT2D eigenvalue weighted by molar-refractivity contribution is 5.28. The number of hydrogen-bond acceptors (Lipinski definition) is 3. The van der Waals surface area contributed by atoms with Gasteiger partial charge in [-0.15, -0.1) is 0 Å². The summed E-state index contributed by atoms with van der Waals surface area (Å²) in [6.07, 6.45) is 2.36. The van der Waals surface area contributed by atoms with Crippen molar-refractivity contribution in [1.82, 2.24) is 5.32 Å². The normalized spacial score (nSPS) is 27.9. The lowest BCUT2D eigenvalue weighted by Crippen LogP contribution is -2.45. The molecule has 3 nitrogen and oxygen atoms in total. The fourth-order valence-electron chi connectivity index (χ4n) is 3.18. The molecule has 1 unspecified atom stereocenters. The van der Waals surface area contributed by atoms with Crippen molar-refractivity contribution < 1.29 is 18.3 Å². The zero-order valence-electron chi connectivity index (χ0n) is 11.3. The minimum atomic E-state index is -0.805. The topological polar surface area (TPSA) is 30.5 Å². The number of halogens is 2. The van der Waals surface area contributed by atoms with Crippen molar-refractivity contribution in [3.05, 3.63) is 35.4 Å². The van der Waals surface area contributed by atoms with Gasteiger partial charge in [0.25, 0.3) is 0 Å². The van der Waals surface area contributed by atoms with Gasteiger partial charge in [-0.05, 0) is 37.1 Å². The minimum absolute atomic E-state index is 0.247. The molecule has 2 aliphatic heterocycles. The maximum absolute atomic E-state index is 13.6. The first kappa shape index (κ1) is 13.9. The Hall–Kier alpha value is -1.04. The summed E-state index contributed by atoms with van der Waals surface area (Å²) in [6, 6.07) is 4.20. The Labute approximate surface area is 117 Å². The highest BCUT2D eigenvalue weighted by atomic mass is 19.2. The number of rotatable bonds is 3. The lowest BCUT2D eigenvalue weighted by molar-refractivity contribution is -0.0640. The van der Waals surface area contributed by atoms with Gasteiger partial charge >= 0.3 is 0 Å². The Morgan fingerprint density at radius 2 is 2.00 bits per heavy atom. The van der Waals surface area contributed by atoms with Gasteiger partial charge in [0.2, 0.25) is 0 Å². The van der Waals surface area contributed by atoms with Crippen molar-refractivity contribution in [1.29, 1.82) is 0 Å². The van der Waals surface area contributed by atoms with E-state index >= 15 is 0 Å². The number of hydrogen-bond donors (Lipinski definition) is 1. The van der Waals surface area contributed by atoms with Crippen LogP contribution in [0.2, 0.25) is 0 Å².